The van der Waals surface area contributed by atoms with Gasteiger partial charge in [-0.1, -0.05) is 0 Å². The summed E-state index contributed by atoms with van der Waals surface area (Å²) in [6, 6.07) is 0. The van der Waals surface area contributed by atoms with Gasteiger partial charge in [-0.25, -0.2) is 4.98 Å². The fourth-order valence-corrected chi connectivity index (χ4v) is 2.12. The number of imidazole rings is 1. The van der Waals surface area contributed by atoms with Crippen molar-refractivity contribution in [3.63, 3.8) is 0 Å². The molecule has 0 saturated carbocycles. The predicted molar refractivity (Wildman–Crippen MR) is 55.8 cm³/mol. The number of fused-ring (bicyclic) bond motifs is 1. The summed E-state index contributed by atoms with van der Waals surface area (Å²) in [6.45, 7) is 0. The van der Waals surface area contributed by atoms with E-state index >= 15 is 0 Å². The van der Waals surface area contributed by atoms with Crippen LogP contribution in [0.1, 0.15) is 5.82 Å². The van der Waals surface area contributed by atoms with Crippen LogP contribution in [0.15, 0.2) is 16.9 Å². The molecule has 13 heavy (non-hydrogen) atoms. The smallest absolute Gasteiger partial charge is 0.124 e. The fourth-order valence-electron chi connectivity index (χ4n) is 1.29. The minimum atomic E-state index is 0.414. The standard InChI is InChI=1S/C8H7BrClN3/c1-13-7(2-10)12-6-4-11-3-5(9)8(6)13/h3-4H,2H2,1H3. The van der Waals surface area contributed by atoms with E-state index in [4.69, 9.17) is 11.6 Å². The van der Waals surface area contributed by atoms with Crippen LogP contribution in [0.4, 0.5) is 0 Å². The second kappa shape index (κ2) is 3.27. The van der Waals surface area contributed by atoms with E-state index in [2.05, 4.69) is 25.9 Å². The Bertz CT molecular complexity index is 452. The van der Waals surface area contributed by atoms with E-state index in [1.165, 1.54) is 0 Å². The van der Waals surface area contributed by atoms with Crippen LogP contribution in [0.3, 0.4) is 0 Å². The Morgan fingerprint density at radius 1 is 1.54 bits per heavy atom. The van der Waals surface area contributed by atoms with Crippen molar-refractivity contribution in [2.45, 2.75) is 5.88 Å². The molecule has 0 saturated heterocycles. The number of rotatable bonds is 1. The van der Waals surface area contributed by atoms with E-state index in [1.54, 1.807) is 12.4 Å². The zero-order valence-electron chi connectivity index (χ0n) is 6.96. The van der Waals surface area contributed by atoms with Gasteiger partial charge >= 0.3 is 0 Å². The van der Waals surface area contributed by atoms with Crippen molar-refractivity contribution in [2.24, 2.45) is 7.05 Å². The van der Waals surface area contributed by atoms with Crippen molar-refractivity contribution in [3.05, 3.63) is 22.7 Å². The first-order valence-corrected chi connectivity index (χ1v) is 5.07. The second-order valence-corrected chi connectivity index (χ2v) is 3.83. The summed E-state index contributed by atoms with van der Waals surface area (Å²) < 4.78 is 2.91. The van der Waals surface area contributed by atoms with Gasteiger partial charge in [-0.3, -0.25) is 4.98 Å². The van der Waals surface area contributed by atoms with E-state index < -0.39 is 0 Å². The topological polar surface area (TPSA) is 30.7 Å². The summed E-state index contributed by atoms with van der Waals surface area (Å²) >= 11 is 9.16. The minimum Gasteiger partial charge on any atom is -0.329 e. The molecule has 0 spiro atoms. The van der Waals surface area contributed by atoms with Gasteiger partial charge in [0.2, 0.25) is 0 Å². The van der Waals surface area contributed by atoms with Crippen LogP contribution in [-0.4, -0.2) is 14.5 Å². The van der Waals surface area contributed by atoms with E-state index in [9.17, 15) is 0 Å². The molecule has 0 fully saturated rings. The highest BCUT2D eigenvalue weighted by Crippen LogP contribution is 2.23. The third kappa shape index (κ3) is 1.34. The van der Waals surface area contributed by atoms with Crippen molar-refractivity contribution in [3.8, 4) is 0 Å². The summed E-state index contributed by atoms with van der Waals surface area (Å²) in [6.07, 6.45) is 3.48. The summed E-state index contributed by atoms with van der Waals surface area (Å²) in [5, 5.41) is 0. The molecule has 2 aromatic rings. The molecule has 0 atom stereocenters. The Morgan fingerprint density at radius 3 is 2.92 bits per heavy atom. The highest BCUT2D eigenvalue weighted by molar-refractivity contribution is 9.10. The number of nitrogens with zero attached hydrogens (tertiary/aromatic N) is 3. The van der Waals surface area contributed by atoms with Gasteiger partial charge in [0.05, 0.1) is 22.1 Å². The maximum Gasteiger partial charge on any atom is 0.124 e. The van der Waals surface area contributed by atoms with Crippen LogP contribution in [0.5, 0.6) is 0 Å². The number of halogens is 2. The van der Waals surface area contributed by atoms with Crippen molar-refractivity contribution in [1.29, 1.82) is 0 Å². The molecule has 0 amide bonds. The summed E-state index contributed by atoms with van der Waals surface area (Å²) in [5.74, 6) is 1.27. The van der Waals surface area contributed by atoms with Gasteiger partial charge < -0.3 is 4.57 Å². The van der Waals surface area contributed by atoms with Crippen molar-refractivity contribution in [1.82, 2.24) is 14.5 Å². The van der Waals surface area contributed by atoms with Gasteiger partial charge in [-0.15, -0.1) is 11.6 Å². The van der Waals surface area contributed by atoms with Crippen molar-refractivity contribution in [2.75, 3.05) is 0 Å². The number of hydrogen-bond acceptors (Lipinski definition) is 2. The molecule has 5 heteroatoms. The lowest BCUT2D eigenvalue weighted by atomic mass is 10.4. The molecule has 3 nitrogen and oxygen atoms in total. The first-order chi connectivity index (χ1) is 6.24. The molecular weight excluding hydrogens is 253 g/mol. The summed E-state index contributed by atoms with van der Waals surface area (Å²) in [5.41, 5.74) is 1.90. The maximum atomic E-state index is 5.74. The average molecular weight is 261 g/mol. The van der Waals surface area contributed by atoms with Gasteiger partial charge in [0.15, 0.2) is 0 Å². The third-order valence-corrected chi connectivity index (χ3v) is 2.76. The highest BCUT2D eigenvalue weighted by Gasteiger charge is 2.08. The van der Waals surface area contributed by atoms with E-state index in [0.717, 1.165) is 21.3 Å². The Kier molecular flexibility index (Phi) is 2.26. The highest BCUT2D eigenvalue weighted by atomic mass is 79.9. The lowest BCUT2D eigenvalue weighted by Crippen LogP contribution is -1.94. The van der Waals surface area contributed by atoms with Crippen LogP contribution < -0.4 is 0 Å². The molecule has 2 rings (SSSR count). The molecule has 2 aromatic heterocycles. The number of pyridine rings is 1. The molecular formula is C8H7BrClN3. The zero-order valence-corrected chi connectivity index (χ0v) is 9.30. The van der Waals surface area contributed by atoms with Crippen LogP contribution in [0.25, 0.3) is 11.0 Å². The van der Waals surface area contributed by atoms with Crippen LogP contribution in [0.2, 0.25) is 0 Å². The molecule has 0 bridgehead atoms. The SMILES string of the molecule is Cn1c(CCl)nc2cncc(Br)c21. The Morgan fingerprint density at radius 2 is 2.31 bits per heavy atom. The van der Waals surface area contributed by atoms with Gasteiger partial charge in [-0.05, 0) is 15.9 Å². The molecule has 0 aromatic carbocycles. The van der Waals surface area contributed by atoms with Gasteiger partial charge in [0, 0.05) is 13.2 Å². The van der Waals surface area contributed by atoms with E-state index in [0.29, 0.717) is 5.88 Å². The van der Waals surface area contributed by atoms with Crippen LogP contribution in [-0.2, 0) is 12.9 Å². The number of aryl methyl sites for hydroxylation is 1. The largest absolute Gasteiger partial charge is 0.329 e. The number of hydrogen-bond donors (Lipinski definition) is 0. The molecule has 68 valence electrons. The molecule has 0 unspecified atom stereocenters. The number of aromatic nitrogens is 3. The third-order valence-electron chi connectivity index (χ3n) is 1.95. The maximum absolute atomic E-state index is 5.74. The normalized spacial score (nSPS) is 11.0. The first kappa shape index (κ1) is 8.97. The van der Waals surface area contributed by atoms with E-state index in [-0.39, 0.29) is 0 Å². The van der Waals surface area contributed by atoms with Gasteiger partial charge in [0.25, 0.3) is 0 Å². The Hall–Kier alpha value is -0.610. The molecule has 0 radical (unpaired) electrons. The Balaban J connectivity index is 2.85. The van der Waals surface area contributed by atoms with Crippen LogP contribution in [0, 0.1) is 0 Å². The zero-order chi connectivity index (χ0) is 9.42. The number of alkyl halides is 1. The molecule has 2 heterocycles. The quantitative estimate of drug-likeness (QED) is 0.738. The lowest BCUT2D eigenvalue weighted by Gasteiger charge is -1.98. The molecule has 0 aliphatic heterocycles. The Labute approximate surface area is 88.9 Å². The average Bonchev–Trinajstić information content (AvgIpc) is 2.44. The molecule has 0 N–H and O–H groups in total. The summed E-state index contributed by atoms with van der Waals surface area (Å²) in [7, 11) is 1.94. The predicted octanol–water partition coefficient (Wildman–Crippen LogP) is 2.47. The van der Waals surface area contributed by atoms with Gasteiger partial charge in [-0.2, -0.15) is 0 Å². The van der Waals surface area contributed by atoms with Crippen molar-refractivity contribution >= 4 is 38.6 Å². The monoisotopic (exact) mass is 259 g/mol. The van der Waals surface area contributed by atoms with E-state index in [1.807, 2.05) is 11.6 Å². The molecule has 0 aliphatic carbocycles. The van der Waals surface area contributed by atoms with Gasteiger partial charge in [0.1, 0.15) is 11.3 Å². The first-order valence-electron chi connectivity index (χ1n) is 3.75. The minimum absolute atomic E-state index is 0.414. The second-order valence-electron chi connectivity index (χ2n) is 2.71. The molecule has 0 aliphatic rings. The van der Waals surface area contributed by atoms with Crippen molar-refractivity contribution < 1.29 is 0 Å². The lowest BCUT2D eigenvalue weighted by molar-refractivity contribution is 0.872. The fraction of sp³-hybridized carbons (Fsp3) is 0.250. The van der Waals surface area contributed by atoms with Crippen LogP contribution >= 0.6 is 27.5 Å². The summed E-state index contributed by atoms with van der Waals surface area (Å²) in [4.78, 5) is 8.37.